The molecular weight excluding hydrogens is 354 g/mol. The minimum Gasteiger partial charge on any atom is -0.216 e. The average molecular weight is 358 g/mol. The molecule has 0 N–H and O–H groups in total. The second-order valence-electron chi connectivity index (χ2n) is 1.74. The molecule has 0 spiro atoms. The van der Waals surface area contributed by atoms with Crippen LogP contribution in [-0.2, 0) is 0 Å². The van der Waals surface area contributed by atoms with Gasteiger partial charge in [0.15, 0.2) is 3.84 Å². The fraction of sp³-hybridized carbons (Fsp3) is 0.167. The van der Waals surface area contributed by atoms with Crippen LogP contribution < -0.4 is 0 Å². The molecule has 0 radical (unpaired) electrons. The van der Waals surface area contributed by atoms with E-state index in [0.29, 0.717) is 0 Å². The lowest BCUT2D eigenvalue weighted by Gasteiger charge is -1.89. The predicted molar refractivity (Wildman–Crippen MR) is 60.2 cm³/mol. The number of rotatable bonds is 0. The Morgan fingerprint density at radius 2 is 2.20 bits per heavy atom. The molecule has 0 amide bonds. The first kappa shape index (κ1) is 8.42. The summed E-state index contributed by atoms with van der Waals surface area (Å²) in [6, 6.07) is 0. The fourth-order valence-corrected chi connectivity index (χ4v) is 1.66. The Kier molecular flexibility index (Phi) is 3.06. The van der Waals surface area contributed by atoms with Crippen molar-refractivity contribution in [1.29, 1.82) is 0 Å². The lowest BCUT2D eigenvalue weighted by molar-refractivity contribution is 1.43. The quantitative estimate of drug-likeness (QED) is 0.470. The maximum Gasteiger partial charge on any atom is 0.200 e. The van der Waals surface area contributed by atoms with Crippen LogP contribution in [0.2, 0.25) is 0 Å². The van der Waals surface area contributed by atoms with Gasteiger partial charge in [0.1, 0.15) is 3.70 Å². The van der Waals surface area contributed by atoms with Crippen molar-refractivity contribution in [2.75, 3.05) is 0 Å². The maximum absolute atomic E-state index is 4.17. The van der Waals surface area contributed by atoms with E-state index >= 15 is 0 Å². The number of amidine groups is 1. The molecule has 0 saturated heterocycles. The number of halogens is 2. The Morgan fingerprint density at radius 1 is 1.50 bits per heavy atom. The monoisotopic (exact) mass is 358 g/mol. The first-order chi connectivity index (χ1) is 4.70. The summed E-state index contributed by atoms with van der Waals surface area (Å²) in [7, 11) is 0. The molecule has 4 heteroatoms. The lowest BCUT2D eigenvalue weighted by atomic mass is 10.3. The third kappa shape index (κ3) is 2.17. The van der Waals surface area contributed by atoms with Crippen molar-refractivity contribution in [2.24, 2.45) is 9.98 Å². The highest BCUT2D eigenvalue weighted by Gasteiger charge is 1.97. The predicted octanol–water partition coefficient (Wildman–Crippen LogP) is 2.68. The molecule has 52 valence electrons. The number of allylic oxidation sites excluding steroid dienone is 2. The SMILES string of the molecule is CC1=C(I)N=C(I)N=C=C1. The van der Waals surface area contributed by atoms with Crippen molar-refractivity contribution < 1.29 is 0 Å². The van der Waals surface area contributed by atoms with Crippen LogP contribution in [0.1, 0.15) is 6.92 Å². The second-order valence-corrected chi connectivity index (χ2v) is 3.73. The van der Waals surface area contributed by atoms with Gasteiger partial charge in [-0.1, -0.05) is 0 Å². The van der Waals surface area contributed by atoms with Crippen molar-refractivity contribution in [3.05, 3.63) is 15.4 Å². The van der Waals surface area contributed by atoms with Crippen LogP contribution in [-0.4, -0.2) is 9.71 Å². The molecule has 1 aliphatic rings. The van der Waals surface area contributed by atoms with Crippen molar-refractivity contribution in [3.8, 4) is 0 Å². The van der Waals surface area contributed by atoms with Crippen LogP contribution in [0.15, 0.2) is 25.3 Å². The van der Waals surface area contributed by atoms with E-state index in [2.05, 4.69) is 61.0 Å². The van der Waals surface area contributed by atoms with Gasteiger partial charge in [0.05, 0.1) is 0 Å². The zero-order valence-corrected chi connectivity index (χ0v) is 9.54. The number of hydrogen-bond acceptors (Lipinski definition) is 2. The van der Waals surface area contributed by atoms with E-state index in [-0.39, 0.29) is 0 Å². The normalized spacial score (nSPS) is 17.3. The molecular formula is C6H4I2N2. The smallest absolute Gasteiger partial charge is 0.200 e. The largest absolute Gasteiger partial charge is 0.216 e. The summed E-state index contributed by atoms with van der Waals surface area (Å²) >= 11 is 4.25. The zero-order valence-electron chi connectivity index (χ0n) is 5.23. The van der Waals surface area contributed by atoms with Crippen molar-refractivity contribution >= 4 is 54.9 Å². The van der Waals surface area contributed by atoms with E-state index in [0.717, 1.165) is 13.1 Å². The van der Waals surface area contributed by atoms with Crippen molar-refractivity contribution in [2.45, 2.75) is 6.92 Å². The van der Waals surface area contributed by atoms with Gasteiger partial charge in [-0.15, -0.1) is 0 Å². The Balaban J connectivity index is 3.14. The maximum atomic E-state index is 4.17. The molecule has 0 saturated carbocycles. The number of aliphatic imine (C=N–C) groups is 2. The topological polar surface area (TPSA) is 24.7 Å². The van der Waals surface area contributed by atoms with E-state index in [9.17, 15) is 0 Å². The first-order valence-corrected chi connectivity index (χ1v) is 4.76. The van der Waals surface area contributed by atoms with Gasteiger partial charge in [0.2, 0.25) is 0 Å². The number of nitrogens with zero attached hydrogens (tertiary/aromatic N) is 2. The summed E-state index contributed by atoms with van der Waals surface area (Å²) in [6.07, 6.45) is 1.83. The lowest BCUT2D eigenvalue weighted by Crippen LogP contribution is -1.75. The van der Waals surface area contributed by atoms with E-state index in [1.807, 2.05) is 13.0 Å². The summed E-state index contributed by atoms with van der Waals surface area (Å²) < 4.78 is 1.71. The summed E-state index contributed by atoms with van der Waals surface area (Å²) in [5.74, 6) is 2.78. The van der Waals surface area contributed by atoms with Crippen LogP contribution >= 0.6 is 45.2 Å². The number of hydrogen-bond donors (Lipinski definition) is 0. The van der Waals surface area contributed by atoms with Gasteiger partial charge in [0, 0.05) is 28.7 Å². The first-order valence-electron chi connectivity index (χ1n) is 2.60. The summed E-state index contributed by atoms with van der Waals surface area (Å²) in [5.41, 5.74) is 1.11. The Morgan fingerprint density at radius 3 is 2.90 bits per heavy atom. The van der Waals surface area contributed by atoms with Crippen LogP contribution in [0.5, 0.6) is 0 Å². The van der Waals surface area contributed by atoms with Gasteiger partial charge >= 0.3 is 0 Å². The van der Waals surface area contributed by atoms with E-state index in [4.69, 9.17) is 0 Å². The van der Waals surface area contributed by atoms with Crippen LogP contribution in [0, 0.1) is 0 Å². The molecule has 0 aromatic heterocycles. The summed E-state index contributed by atoms with van der Waals surface area (Å²) in [4.78, 5) is 8.08. The Labute approximate surface area is 86.5 Å². The van der Waals surface area contributed by atoms with E-state index in [1.165, 1.54) is 0 Å². The van der Waals surface area contributed by atoms with Crippen LogP contribution in [0.3, 0.4) is 0 Å². The molecule has 1 aliphatic heterocycles. The highest BCUT2D eigenvalue weighted by molar-refractivity contribution is 14.1. The zero-order chi connectivity index (χ0) is 7.56. The Hall–Kier alpha value is 0.320. The molecule has 0 bridgehead atoms. The van der Waals surface area contributed by atoms with Crippen molar-refractivity contribution in [3.63, 3.8) is 0 Å². The summed E-state index contributed by atoms with van der Waals surface area (Å²) in [6.45, 7) is 1.99. The minimum absolute atomic E-state index is 0.732. The average Bonchev–Trinajstić information content (AvgIpc) is 1.96. The van der Waals surface area contributed by atoms with Gasteiger partial charge in [-0.25, -0.2) is 4.99 Å². The van der Waals surface area contributed by atoms with Gasteiger partial charge < -0.3 is 0 Å². The van der Waals surface area contributed by atoms with Crippen LogP contribution in [0.25, 0.3) is 0 Å². The fourth-order valence-electron chi connectivity index (χ4n) is 0.436. The molecule has 1 heterocycles. The molecule has 10 heavy (non-hydrogen) atoms. The summed E-state index contributed by atoms with van der Waals surface area (Å²) in [5, 5.41) is 0. The molecule has 1 rings (SSSR count). The molecule has 0 unspecified atom stereocenters. The second kappa shape index (κ2) is 3.64. The molecule has 2 nitrogen and oxygen atoms in total. The van der Waals surface area contributed by atoms with Gasteiger partial charge in [-0.3, -0.25) is 0 Å². The highest BCUT2D eigenvalue weighted by Crippen LogP contribution is 2.17. The van der Waals surface area contributed by atoms with Gasteiger partial charge in [0.25, 0.3) is 0 Å². The van der Waals surface area contributed by atoms with Gasteiger partial charge in [-0.2, -0.15) is 4.99 Å². The standard InChI is InChI=1S/C6H4I2N2/c1-4-2-3-9-6(8)10-5(4)7/h2H,1H3. The van der Waals surface area contributed by atoms with E-state index in [1.54, 1.807) is 0 Å². The molecule has 0 aromatic rings. The molecule has 0 fully saturated rings. The third-order valence-corrected chi connectivity index (χ3v) is 2.53. The van der Waals surface area contributed by atoms with Crippen LogP contribution in [0.4, 0.5) is 0 Å². The Bertz CT molecular complexity index is 269. The van der Waals surface area contributed by atoms with Gasteiger partial charge in [-0.05, 0) is 41.0 Å². The molecule has 0 aliphatic carbocycles. The van der Waals surface area contributed by atoms with E-state index < -0.39 is 0 Å². The molecule has 0 atom stereocenters. The minimum atomic E-state index is 0.732. The van der Waals surface area contributed by atoms with Crippen molar-refractivity contribution in [1.82, 2.24) is 0 Å². The molecule has 0 aromatic carbocycles. The third-order valence-electron chi connectivity index (χ3n) is 0.954. The highest BCUT2D eigenvalue weighted by atomic mass is 127.